The molecule has 0 bridgehead atoms. The van der Waals surface area contributed by atoms with E-state index in [1.165, 1.54) is 0 Å². The number of benzene rings is 2. The molecule has 2 aromatic rings. The molecule has 2 aromatic carbocycles. The molecule has 0 spiro atoms. The fourth-order valence-electron chi connectivity index (χ4n) is 4.14. The van der Waals surface area contributed by atoms with E-state index in [2.05, 4.69) is 11.4 Å². The molecule has 1 aliphatic rings. The molecule has 1 heterocycles. The monoisotopic (exact) mass is 404 g/mol. The van der Waals surface area contributed by atoms with Gasteiger partial charge in [-0.05, 0) is 93.1 Å². The molecule has 0 saturated carbocycles. The molecule has 1 N–H and O–H groups in total. The molecule has 0 unspecified atom stereocenters. The largest absolute Gasteiger partial charge is 0.425 e. The molecule has 30 heavy (non-hydrogen) atoms. The van der Waals surface area contributed by atoms with Crippen LogP contribution in [0, 0.1) is 30.6 Å². The number of aldehydes is 1. The van der Waals surface area contributed by atoms with Gasteiger partial charge in [-0.25, -0.2) is 0 Å². The zero-order valence-corrected chi connectivity index (χ0v) is 17.9. The highest BCUT2D eigenvalue weighted by atomic mass is 16.5. The number of nitriles is 1. The molecular formula is C25H28N2O3. The first-order valence-electron chi connectivity index (χ1n) is 10.4. The van der Waals surface area contributed by atoms with Crippen molar-refractivity contribution in [3.8, 4) is 11.8 Å². The third-order valence-electron chi connectivity index (χ3n) is 6.15. The summed E-state index contributed by atoms with van der Waals surface area (Å²) < 4.78 is 5.81. The van der Waals surface area contributed by atoms with Crippen molar-refractivity contribution in [2.75, 3.05) is 13.1 Å². The molecule has 1 aliphatic heterocycles. The molecule has 3 rings (SSSR count). The number of carbonyl (C=O) groups excluding carboxylic acids is 2. The van der Waals surface area contributed by atoms with Crippen LogP contribution in [0.4, 0.5) is 0 Å². The predicted octanol–water partition coefficient (Wildman–Crippen LogP) is 4.07. The van der Waals surface area contributed by atoms with Gasteiger partial charge in [0.25, 0.3) is 0 Å². The van der Waals surface area contributed by atoms with Crippen LogP contribution < -0.4 is 10.1 Å². The van der Waals surface area contributed by atoms with Crippen molar-refractivity contribution in [2.24, 2.45) is 5.41 Å². The minimum absolute atomic E-state index is 0.308. The molecule has 0 aromatic heterocycles. The van der Waals surface area contributed by atoms with Crippen LogP contribution in [0.5, 0.6) is 5.75 Å². The van der Waals surface area contributed by atoms with E-state index >= 15 is 0 Å². The van der Waals surface area contributed by atoms with E-state index in [4.69, 9.17) is 4.74 Å². The Bertz CT molecular complexity index is 998. The number of piperidine rings is 1. The summed E-state index contributed by atoms with van der Waals surface area (Å²) in [5.74, 6) is 0.00388. The standard InChI is InChI=1S/C25H28N2O3/c1-4-19-5-6-23(21(12-19)15-26)30-24(29)25(7-9-27-10-8-25)14-20-13-22(16-28)18(3)11-17(20)2/h5-6,11-13,16,27H,4,7-10,14H2,1-3H3. The van der Waals surface area contributed by atoms with Crippen LogP contribution in [0.2, 0.25) is 0 Å². The maximum Gasteiger partial charge on any atom is 0.317 e. The lowest BCUT2D eigenvalue weighted by Gasteiger charge is -2.36. The van der Waals surface area contributed by atoms with Crippen LogP contribution in [-0.2, 0) is 17.6 Å². The molecule has 1 saturated heterocycles. The zero-order valence-electron chi connectivity index (χ0n) is 17.9. The molecular weight excluding hydrogens is 376 g/mol. The summed E-state index contributed by atoms with van der Waals surface area (Å²) in [6.45, 7) is 7.39. The Morgan fingerprint density at radius 2 is 1.93 bits per heavy atom. The van der Waals surface area contributed by atoms with Gasteiger partial charge in [-0.1, -0.05) is 19.1 Å². The number of carbonyl (C=O) groups is 2. The summed E-state index contributed by atoms with van der Waals surface area (Å²) in [6.07, 6.45) is 3.47. The van der Waals surface area contributed by atoms with Crippen molar-refractivity contribution in [2.45, 2.75) is 46.5 Å². The van der Waals surface area contributed by atoms with E-state index < -0.39 is 5.41 Å². The average molecular weight is 405 g/mol. The number of hydrogen-bond donors (Lipinski definition) is 1. The first-order chi connectivity index (χ1) is 14.4. The van der Waals surface area contributed by atoms with Crippen molar-refractivity contribution >= 4 is 12.3 Å². The molecule has 0 aliphatic carbocycles. The highest BCUT2D eigenvalue weighted by Gasteiger charge is 2.42. The van der Waals surface area contributed by atoms with Gasteiger partial charge in [-0.2, -0.15) is 5.26 Å². The lowest BCUT2D eigenvalue weighted by Crippen LogP contribution is -2.45. The summed E-state index contributed by atoms with van der Waals surface area (Å²) >= 11 is 0. The minimum atomic E-state index is -0.693. The number of ether oxygens (including phenoxy) is 1. The van der Waals surface area contributed by atoms with Gasteiger partial charge in [0.1, 0.15) is 18.1 Å². The van der Waals surface area contributed by atoms with Gasteiger partial charge >= 0.3 is 5.97 Å². The van der Waals surface area contributed by atoms with Crippen LogP contribution >= 0.6 is 0 Å². The SMILES string of the molecule is CCc1ccc(OC(=O)C2(Cc3cc(C=O)c(C)cc3C)CCNCC2)c(C#N)c1. The highest BCUT2D eigenvalue weighted by Crippen LogP contribution is 2.37. The Balaban J connectivity index is 1.94. The number of nitrogens with one attached hydrogen (secondary N) is 1. The predicted molar refractivity (Wildman–Crippen MR) is 116 cm³/mol. The number of hydrogen-bond acceptors (Lipinski definition) is 5. The second-order valence-corrected chi connectivity index (χ2v) is 8.15. The first kappa shape index (κ1) is 21.7. The lowest BCUT2D eigenvalue weighted by atomic mass is 9.73. The Hall–Kier alpha value is -2.97. The second kappa shape index (κ2) is 9.23. The van der Waals surface area contributed by atoms with Gasteiger partial charge in [0.2, 0.25) is 0 Å². The van der Waals surface area contributed by atoms with Gasteiger partial charge in [-0.15, -0.1) is 0 Å². The van der Waals surface area contributed by atoms with Crippen molar-refractivity contribution < 1.29 is 14.3 Å². The maximum atomic E-state index is 13.4. The summed E-state index contributed by atoms with van der Waals surface area (Å²) in [7, 11) is 0. The van der Waals surface area contributed by atoms with E-state index in [1.54, 1.807) is 12.1 Å². The van der Waals surface area contributed by atoms with Crippen LogP contribution in [0.15, 0.2) is 30.3 Å². The number of esters is 1. The first-order valence-corrected chi connectivity index (χ1v) is 10.4. The van der Waals surface area contributed by atoms with Gasteiger partial charge < -0.3 is 10.1 Å². The van der Waals surface area contributed by atoms with Crippen LogP contribution in [0.3, 0.4) is 0 Å². The third kappa shape index (κ3) is 4.44. The second-order valence-electron chi connectivity index (χ2n) is 8.15. The fourth-order valence-corrected chi connectivity index (χ4v) is 4.14. The minimum Gasteiger partial charge on any atom is -0.425 e. The van der Waals surface area contributed by atoms with Crippen molar-refractivity contribution in [1.29, 1.82) is 5.26 Å². The Morgan fingerprint density at radius 3 is 2.57 bits per heavy atom. The summed E-state index contributed by atoms with van der Waals surface area (Å²) in [5.41, 5.74) is 4.35. The average Bonchev–Trinajstić information content (AvgIpc) is 2.76. The van der Waals surface area contributed by atoms with Crippen LogP contribution in [-0.4, -0.2) is 25.3 Å². The molecule has 5 nitrogen and oxygen atoms in total. The number of aryl methyl sites for hydroxylation is 3. The highest BCUT2D eigenvalue weighted by molar-refractivity contribution is 5.81. The van der Waals surface area contributed by atoms with E-state index in [0.29, 0.717) is 36.1 Å². The molecule has 156 valence electrons. The lowest BCUT2D eigenvalue weighted by molar-refractivity contribution is -0.147. The summed E-state index contributed by atoms with van der Waals surface area (Å²) in [6, 6.07) is 11.4. The Labute approximate surface area is 178 Å². The van der Waals surface area contributed by atoms with Crippen LogP contribution in [0.25, 0.3) is 0 Å². The molecule has 0 amide bonds. The Kier molecular flexibility index (Phi) is 6.69. The topological polar surface area (TPSA) is 79.2 Å². The molecule has 1 fully saturated rings. The van der Waals surface area contributed by atoms with Crippen molar-refractivity contribution in [3.05, 3.63) is 63.7 Å². The third-order valence-corrected chi connectivity index (χ3v) is 6.15. The molecule has 0 radical (unpaired) electrons. The fraction of sp³-hybridized carbons (Fsp3) is 0.400. The number of nitrogens with zero attached hydrogens (tertiary/aromatic N) is 1. The summed E-state index contributed by atoms with van der Waals surface area (Å²) in [4.78, 5) is 24.8. The normalized spacial score (nSPS) is 15.3. The van der Waals surface area contributed by atoms with Gasteiger partial charge in [0.05, 0.1) is 11.0 Å². The number of rotatable bonds is 6. The van der Waals surface area contributed by atoms with Crippen molar-refractivity contribution in [3.63, 3.8) is 0 Å². The molecule has 0 atom stereocenters. The van der Waals surface area contributed by atoms with E-state index in [-0.39, 0.29) is 5.97 Å². The van der Waals surface area contributed by atoms with E-state index in [1.807, 2.05) is 39.0 Å². The summed E-state index contributed by atoms with van der Waals surface area (Å²) in [5, 5.41) is 12.8. The van der Waals surface area contributed by atoms with E-state index in [0.717, 1.165) is 48.1 Å². The van der Waals surface area contributed by atoms with Gasteiger partial charge in [0.15, 0.2) is 0 Å². The quantitative estimate of drug-likeness (QED) is 0.446. The van der Waals surface area contributed by atoms with Gasteiger partial charge in [-0.3, -0.25) is 9.59 Å². The van der Waals surface area contributed by atoms with E-state index in [9.17, 15) is 14.9 Å². The van der Waals surface area contributed by atoms with Gasteiger partial charge in [0, 0.05) is 5.56 Å². The zero-order chi connectivity index (χ0) is 21.7. The Morgan fingerprint density at radius 1 is 1.20 bits per heavy atom. The maximum absolute atomic E-state index is 13.4. The molecule has 5 heteroatoms. The smallest absolute Gasteiger partial charge is 0.317 e. The van der Waals surface area contributed by atoms with Crippen molar-refractivity contribution in [1.82, 2.24) is 5.32 Å². The van der Waals surface area contributed by atoms with Crippen LogP contribution in [0.1, 0.15) is 57.9 Å².